The first-order chi connectivity index (χ1) is 6.15. The van der Waals surface area contributed by atoms with Crippen LogP contribution in [0.25, 0.3) is 0 Å². The average molecular weight is 188 g/mol. The van der Waals surface area contributed by atoms with Crippen LogP contribution in [0.1, 0.15) is 13.3 Å². The molecule has 0 saturated heterocycles. The SMILES string of the molecule is CC[C@H](NC(=O)COC)C(=O)NC. The van der Waals surface area contributed by atoms with E-state index in [2.05, 4.69) is 15.4 Å². The molecule has 0 fully saturated rings. The van der Waals surface area contributed by atoms with Gasteiger partial charge in [0.2, 0.25) is 11.8 Å². The Morgan fingerprint density at radius 1 is 1.46 bits per heavy atom. The summed E-state index contributed by atoms with van der Waals surface area (Å²) in [6, 6.07) is -0.465. The fourth-order valence-corrected chi connectivity index (χ4v) is 0.894. The molecule has 0 aromatic heterocycles. The average Bonchev–Trinajstić information content (AvgIpc) is 2.13. The van der Waals surface area contributed by atoms with E-state index < -0.39 is 6.04 Å². The zero-order valence-corrected chi connectivity index (χ0v) is 8.22. The molecular formula is C8H16N2O3. The lowest BCUT2D eigenvalue weighted by molar-refractivity contribution is -0.130. The first kappa shape index (κ1) is 11.9. The maximum atomic E-state index is 11.1. The molecular weight excluding hydrogens is 172 g/mol. The summed E-state index contributed by atoms with van der Waals surface area (Å²) in [6.07, 6.45) is 0.565. The maximum Gasteiger partial charge on any atom is 0.246 e. The summed E-state index contributed by atoms with van der Waals surface area (Å²) in [4.78, 5) is 22.1. The number of ether oxygens (including phenoxy) is 1. The third-order valence-electron chi connectivity index (χ3n) is 1.58. The first-order valence-corrected chi connectivity index (χ1v) is 4.15. The van der Waals surface area contributed by atoms with Gasteiger partial charge in [0.15, 0.2) is 0 Å². The molecule has 0 heterocycles. The number of likely N-dealkylation sites (N-methyl/N-ethyl adjacent to an activating group) is 1. The third kappa shape index (κ3) is 4.47. The fraction of sp³-hybridized carbons (Fsp3) is 0.750. The lowest BCUT2D eigenvalue weighted by Gasteiger charge is -2.14. The minimum Gasteiger partial charge on any atom is -0.375 e. The Labute approximate surface area is 77.8 Å². The zero-order chi connectivity index (χ0) is 10.3. The van der Waals surface area contributed by atoms with E-state index in [-0.39, 0.29) is 18.4 Å². The van der Waals surface area contributed by atoms with E-state index in [1.54, 1.807) is 0 Å². The van der Waals surface area contributed by atoms with Crippen LogP contribution < -0.4 is 10.6 Å². The van der Waals surface area contributed by atoms with Crippen LogP contribution in [0.3, 0.4) is 0 Å². The van der Waals surface area contributed by atoms with Gasteiger partial charge in [0.25, 0.3) is 0 Å². The number of nitrogens with one attached hydrogen (secondary N) is 2. The molecule has 0 aromatic carbocycles. The number of methoxy groups -OCH3 is 1. The molecule has 2 N–H and O–H groups in total. The van der Waals surface area contributed by atoms with Crippen LogP contribution in [0.4, 0.5) is 0 Å². The summed E-state index contributed by atoms with van der Waals surface area (Å²) in [7, 11) is 2.97. The first-order valence-electron chi connectivity index (χ1n) is 4.15. The molecule has 13 heavy (non-hydrogen) atoms. The number of hydrogen-bond donors (Lipinski definition) is 2. The lowest BCUT2D eigenvalue weighted by atomic mass is 10.2. The Kier molecular flexibility index (Phi) is 5.88. The topological polar surface area (TPSA) is 67.4 Å². The van der Waals surface area contributed by atoms with Gasteiger partial charge >= 0.3 is 0 Å². The number of rotatable bonds is 5. The van der Waals surface area contributed by atoms with Crippen molar-refractivity contribution in [3.8, 4) is 0 Å². The van der Waals surface area contributed by atoms with Crippen molar-refractivity contribution in [1.82, 2.24) is 10.6 Å². The number of hydrogen-bond acceptors (Lipinski definition) is 3. The molecule has 0 aromatic rings. The van der Waals surface area contributed by atoms with Crippen molar-refractivity contribution in [3.05, 3.63) is 0 Å². The number of amides is 2. The van der Waals surface area contributed by atoms with Gasteiger partial charge in [-0.25, -0.2) is 0 Å². The molecule has 5 nitrogen and oxygen atoms in total. The van der Waals surface area contributed by atoms with Crippen molar-refractivity contribution in [2.24, 2.45) is 0 Å². The van der Waals surface area contributed by atoms with Crippen molar-refractivity contribution in [2.75, 3.05) is 20.8 Å². The predicted octanol–water partition coefficient (Wildman–Crippen LogP) is -0.726. The third-order valence-corrected chi connectivity index (χ3v) is 1.58. The molecule has 1 atom stereocenters. The van der Waals surface area contributed by atoms with Crippen molar-refractivity contribution in [2.45, 2.75) is 19.4 Å². The van der Waals surface area contributed by atoms with Gasteiger partial charge in [-0.1, -0.05) is 6.92 Å². The Bertz CT molecular complexity index is 182. The molecule has 0 bridgehead atoms. The second-order valence-corrected chi connectivity index (χ2v) is 2.58. The Balaban J connectivity index is 3.97. The molecule has 0 rings (SSSR count). The van der Waals surface area contributed by atoms with E-state index in [0.29, 0.717) is 6.42 Å². The summed E-state index contributed by atoms with van der Waals surface area (Å²) >= 11 is 0. The van der Waals surface area contributed by atoms with Gasteiger partial charge in [-0.05, 0) is 6.42 Å². The predicted molar refractivity (Wildman–Crippen MR) is 48.2 cm³/mol. The zero-order valence-electron chi connectivity index (χ0n) is 8.22. The van der Waals surface area contributed by atoms with Crippen LogP contribution in [-0.4, -0.2) is 38.6 Å². The molecule has 76 valence electrons. The van der Waals surface area contributed by atoms with Crippen LogP contribution in [-0.2, 0) is 14.3 Å². The summed E-state index contributed by atoms with van der Waals surface area (Å²) in [5.74, 6) is -0.468. The molecule has 0 saturated carbocycles. The highest BCUT2D eigenvalue weighted by Gasteiger charge is 2.16. The van der Waals surface area contributed by atoms with Gasteiger partial charge in [0.05, 0.1) is 0 Å². The molecule has 0 spiro atoms. The molecule has 0 radical (unpaired) electrons. The fourth-order valence-electron chi connectivity index (χ4n) is 0.894. The van der Waals surface area contributed by atoms with Crippen molar-refractivity contribution in [1.29, 1.82) is 0 Å². The second kappa shape index (κ2) is 6.42. The molecule has 0 aliphatic carbocycles. The van der Waals surface area contributed by atoms with Crippen molar-refractivity contribution >= 4 is 11.8 Å². The summed E-state index contributed by atoms with van der Waals surface area (Å²) in [6.45, 7) is 1.81. The van der Waals surface area contributed by atoms with Gasteiger partial charge in [-0.15, -0.1) is 0 Å². The van der Waals surface area contributed by atoms with Crippen molar-refractivity contribution in [3.63, 3.8) is 0 Å². The second-order valence-electron chi connectivity index (χ2n) is 2.58. The highest BCUT2D eigenvalue weighted by Crippen LogP contribution is 1.90. The summed E-state index contributed by atoms with van der Waals surface area (Å²) in [5.41, 5.74) is 0. The van der Waals surface area contributed by atoms with Gasteiger partial charge < -0.3 is 15.4 Å². The van der Waals surface area contributed by atoms with Gasteiger partial charge in [-0.3, -0.25) is 9.59 Å². The van der Waals surface area contributed by atoms with Gasteiger partial charge in [0, 0.05) is 14.2 Å². The normalized spacial score (nSPS) is 11.9. The number of carbonyl (C=O) groups is 2. The smallest absolute Gasteiger partial charge is 0.246 e. The summed E-state index contributed by atoms with van der Waals surface area (Å²) in [5, 5.41) is 5.01. The minimum absolute atomic E-state index is 0.0203. The number of carbonyl (C=O) groups excluding carboxylic acids is 2. The van der Waals surface area contributed by atoms with E-state index >= 15 is 0 Å². The highest BCUT2D eigenvalue weighted by molar-refractivity contribution is 5.87. The molecule has 5 heteroatoms. The van der Waals surface area contributed by atoms with Crippen LogP contribution in [0.15, 0.2) is 0 Å². The van der Waals surface area contributed by atoms with E-state index in [9.17, 15) is 9.59 Å². The minimum atomic E-state index is -0.465. The Morgan fingerprint density at radius 3 is 2.46 bits per heavy atom. The van der Waals surface area contributed by atoms with E-state index in [1.165, 1.54) is 14.2 Å². The van der Waals surface area contributed by atoms with E-state index in [4.69, 9.17) is 0 Å². The van der Waals surface area contributed by atoms with Gasteiger partial charge in [-0.2, -0.15) is 0 Å². The Hall–Kier alpha value is -1.10. The van der Waals surface area contributed by atoms with Crippen LogP contribution in [0, 0.1) is 0 Å². The van der Waals surface area contributed by atoms with Crippen LogP contribution in [0.2, 0.25) is 0 Å². The summed E-state index contributed by atoms with van der Waals surface area (Å²) < 4.78 is 4.62. The Morgan fingerprint density at radius 2 is 2.08 bits per heavy atom. The quantitative estimate of drug-likeness (QED) is 0.598. The van der Waals surface area contributed by atoms with Gasteiger partial charge in [0.1, 0.15) is 12.6 Å². The van der Waals surface area contributed by atoms with Crippen LogP contribution in [0.5, 0.6) is 0 Å². The monoisotopic (exact) mass is 188 g/mol. The molecule has 2 amide bonds. The molecule has 0 aliphatic rings. The standard InChI is InChI=1S/C8H16N2O3/c1-4-6(8(12)9-2)10-7(11)5-13-3/h6H,4-5H2,1-3H3,(H,9,12)(H,10,11)/t6-/m0/s1. The lowest BCUT2D eigenvalue weighted by Crippen LogP contribution is -2.46. The van der Waals surface area contributed by atoms with Crippen molar-refractivity contribution < 1.29 is 14.3 Å². The molecule has 0 unspecified atom stereocenters. The molecule has 0 aliphatic heterocycles. The largest absolute Gasteiger partial charge is 0.375 e. The van der Waals surface area contributed by atoms with E-state index in [0.717, 1.165) is 0 Å². The van der Waals surface area contributed by atoms with E-state index in [1.807, 2.05) is 6.92 Å². The van der Waals surface area contributed by atoms with Crippen LogP contribution >= 0.6 is 0 Å². The highest BCUT2D eigenvalue weighted by atomic mass is 16.5. The maximum absolute atomic E-state index is 11.1.